The van der Waals surface area contributed by atoms with Crippen LogP contribution in [0.1, 0.15) is 52.9 Å². The number of carbonyl (C=O) groups is 2. The molecule has 9 heteroatoms. The van der Waals surface area contributed by atoms with Crippen molar-refractivity contribution in [1.29, 1.82) is 0 Å². The van der Waals surface area contributed by atoms with Crippen LogP contribution in [-0.4, -0.2) is 43.4 Å². The molecule has 0 unspecified atom stereocenters. The standard InChI is InChI=1S/C23H29FO7S/c1-21(2,3)31-19(25)9-4-16(10-24)11-30-17-5-7-18(8-6-17)32(28,29)15-22-12-23(13-22,14-22)20(26)27/h5-8,10H,4,9,11-15H2,1-3H3,(H,26,27)/b16-10+. The van der Waals surface area contributed by atoms with Crippen LogP contribution >= 0.6 is 0 Å². The van der Waals surface area contributed by atoms with E-state index in [9.17, 15) is 27.5 Å². The lowest BCUT2D eigenvalue weighted by atomic mass is 9.36. The second-order valence-electron chi connectivity index (χ2n) is 9.99. The monoisotopic (exact) mass is 468 g/mol. The third-order valence-electron chi connectivity index (χ3n) is 5.92. The zero-order chi connectivity index (χ0) is 23.8. The maximum absolute atomic E-state index is 13.1. The number of carboxylic acids is 1. The lowest BCUT2D eigenvalue weighted by molar-refractivity contribution is -0.214. The summed E-state index contributed by atoms with van der Waals surface area (Å²) in [4.78, 5) is 23.1. The number of sulfone groups is 1. The molecule has 0 atom stereocenters. The largest absolute Gasteiger partial charge is 0.489 e. The zero-order valence-corrected chi connectivity index (χ0v) is 19.3. The fraction of sp³-hybridized carbons (Fsp3) is 0.565. The smallest absolute Gasteiger partial charge is 0.309 e. The normalized spacial score (nSPS) is 24.8. The highest BCUT2D eigenvalue weighted by Crippen LogP contribution is 2.73. The van der Waals surface area contributed by atoms with Crippen LogP contribution in [0.25, 0.3) is 0 Å². The minimum absolute atomic E-state index is 0.0263. The van der Waals surface area contributed by atoms with Crippen LogP contribution in [0.3, 0.4) is 0 Å². The van der Waals surface area contributed by atoms with E-state index in [-0.39, 0.29) is 35.7 Å². The molecule has 1 N–H and O–H groups in total. The first-order chi connectivity index (χ1) is 14.8. The minimum atomic E-state index is -3.55. The van der Waals surface area contributed by atoms with Gasteiger partial charge in [-0.25, -0.2) is 12.8 Å². The highest BCUT2D eigenvalue weighted by Gasteiger charge is 2.72. The fourth-order valence-corrected chi connectivity index (χ4v) is 6.43. The van der Waals surface area contributed by atoms with E-state index in [0.29, 0.717) is 31.3 Å². The number of halogens is 1. The molecule has 3 fully saturated rings. The summed E-state index contributed by atoms with van der Waals surface area (Å²) in [6, 6.07) is 5.86. The van der Waals surface area contributed by atoms with Gasteiger partial charge >= 0.3 is 11.9 Å². The van der Waals surface area contributed by atoms with Crippen molar-refractivity contribution in [3.05, 3.63) is 36.2 Å². The molecule has 4 rings (SSSR count). The van der Waals surface area contributed by atoms with Crippen molar-refractivity contribution in [1.82, 2.24) is 0 Å². The Balaban J connectivity index is 1.49. The molecule has 32 heavy (non-hydrogen) atoms. The average Bonchev–Trinajstić information content (AvgIpc) is 2.62. The fourth-order valence-electron chi connectivity index (χ4n) is 4.60. The Kier molecular flexibility index (Phi) is 6.43. The summed E-state index contributed by atoms with van der Waals surface area (Å²) >= 11 is 0. The van der Waals surface area contributed by atoms with Gasteiger partial charge in [-0.3, -0.25) is 9.59 Å². The Morgan fingerprint density at radius 1 is 1.12 bits per heavy atom. The molecule has 3 saturated carbocycles. The molecule has 3 aliphatic carbocycles. The molecule has 0 radical (unpaired) electrons. The SMILES string of the molecule is CC(C)(C)OC(=O)CC/C(=C\F)COc1ccc(S(=O)(=O)CC23CC(C(=O)O)(C2)C3)cc1. The molecule has 1 aromatic carbocycles. The quantitative estimate of drug-likeness (QED) is 0.516. The van der Waals surface area contributed by atoms with E-state index in [1.165, 1.54) is 24.3 Å². The molecule has 1 aromatic rings. The lowest BCUT2D eigenvalue weighted by Gasteiger charge is -2.68. The maximum Gasteiger partial charge on any atom is 0.309 e. The predicted octanol–water partition coefficient (Wildman–Crippen LogP) is 4.07. The van der Waals surface area contributed by atoms with Gasteiger partial charge in [0.15, 0.2) is 9.84 Å². The summed E-state index contributed by atoms with van der Waals surface area (Å²) < 4.78 is 49.3. The summed E-state index contributed by atoms with van der Waals surface area (Å²) in [5.41, 5.74) is -1.45. The first-order valence-corrected chi connectivity index (χ1v) is 12.1. The molecule has 2 bridgehead atoms. The molecule has 3 aliphatic rings. The molecule has 0 spiro atoms. The van der Waals surface area contributed by atoms with E-state index in [1.807, 2.05) is 0 Å². The Bertz CT molecular complexity index is 1000. The number of hydrogen-bond donors (Lipinski definition) is 1. The van der Waals surface area contributed by atoms with Crippen molar-refractivity contribution >= 4 is 21.8 Å². The van der Waals surface area contributed by atoms with Crippen molar-refractivity contribution in [3.63, 3.8) is 0 Å². The van der Waals surface area contributed by atoms with Gasteiger partial charge in [0.2, 0.25) is 0 Å². The van der Waals surface area contributed by atoms with Crippen LogP contribution in [0.15, 0.2) is 41.1 Å². The van der Waals surface area contributed by atoms with Gasteiger partial charge in [-0.1, -0.05) is 0 Å². The van der Waals surface area contributed by atoms with E-state index in [0.717, 1.165) is 0 Å². The van der Waals surface area contributed by atoms with E-state index >= 15 is 0 Å². The van der Waals surface area contributed by atoms with Crippen molar-refractivity contribution in [2.45, 2.75) is 63.4 Å². The minimum Gasteiger partial charge on any atom is -0.489 e. The van der Waals surface area contributed by atoms with Crippen LogP contribution in [0.4, 0.5) is 4.39 Å². The molecule has 0 saturated heterocycles. The second kappa shape index (κ2) is 8.50. The van der Waals surface area contributed by atoms with E-state index in [4.69, 9.17) is 9.47 Å². The Hall–Kier alpha value is -2.42. The summed E-state index contributed by atoms with van der Waals surface area (Å²) in [5, 5.41) is 9.19. The van der Waals surface area contributed by atoms with E-state index in [1.54, 1.807) is 20.8 Å². The number of rotatable bonds is 10. The zero-order valence-electron chi connectivity index (χ0n) is 18.5. The number of benzene rings is 1. The maximum atomic E-state index is 13.1. The Labute approximate surface area is 187 Å². The van der Waals surface area contributed by atoms with Crippen molar-refractivity contribution in [3.8, 4) is 5.75 Å². The van der Waals surface area contributed by atoms with Crippen LogP contribution in [0.5, 0.6) is 5.75 Å². The van der Waals surface area contributed by atoms with Gasteiger partial charge in [0.25, 0.3) is 0 Å². The molecular weight excluding hydrogens is 439 g/mol. The summed E-state index contributed by atoms with van der Waals surface area (Å²) in [5.74, 6) is -0.958. The molecule has 0 heterocycles. The van der Waals surface area contributed by atoms with Crippen LogP contribution in [0.2, 0.25) is 0 Å². The van der Waals surface area contributed by atoms with Crippen molar-refractivity contribution in [2.24, 2.45) is 10.8 Å². The molecule has 0 amide bonds. The second-order valence-corrected chi connectivity index (χ2v) is 12.0. The summed E-state index contributed by atoms with van der Waals surface area (Å²) in [7, 11) is -3.55. The third-order valence-corrected chi connectivity index (χ3v) is 7.90. The first-order valence-electron chi connectivity index (χ1n) is 10.5. The highest BCUT2D eigenvalue weighted by molar-refractivity contribution is 7.91. The summed E-state index contributed by atoms with van der Waals surface area (Å²) in [6.45, 7) is 5.19. The number of ether oxygens (including phenoxy) is 2. The van der Waals surface area contributed by atoms with Gasteiger partial charge in [0, 0.05) is 6.42 Å². The van der Waals surface area contributed by atoms with Gasteiger partial charge in [-0.05, 0) is 81.7 Å². The topological polar surface area (TPSA) is 107 Å². The molecule has 176 valence electrons. The molecular formula is C23H29FO7S. The van der Waals surface area contributed by atoms with Gasteiger partial charge in [-0.2, -0.15) is 0 Å². The number of hydrogen-bond acceptors (Lipinski definition) is 6. The molecule has 0 aromatic heterocycles. The molecule has 0 aliphatic heterocycles. The number of carbonyl (C=O) groups excluding carboxylic acids is 1. The number of carboxylic acid groups (broad SMARTS) is 1. The highest BCUT2D eigenvalue weighted by atomic mass is 32.2. The summed E-state index contributed by atoms with van der Waals surface area (Å²) in [6.07, 6.45) is 1.82. The van der Waals surface area contributed by atoms with Crippen LogP contribution in [-0.2, 0) is 24.2 Å². The van der Waals surface area contributed by atoms with Crippen LogP contribution < -0.4 is 4.74 Å². The Morgan fingerprint density at radius 2 is 1.72 bits per heavy atom. The first kappa shape index (κ1) is 24.2. The average molecular weight is 469 g/mol. The van der Waals surface area contributed by atoms with Gasteiger partial charge < -0.3 is 14.6 Å². The van der Waals surface area contributed by atoms with Crippen molar-refractivity contribution < 1.29 is 37.0 Å². The van der Waals surface area contributed by atoms with E-state index in [2.05, 4.69) is 0 Å². The number of aliphatic carboxylic acids is 1. The van der Waals surface area contributed by atoms with Crippen LogP contribution in [0, 0.1) is 10.8 Å². The Morgan fingerprint density at radius 3 is 2.22 bits per heavy atom. The number of esters is 1. The van der Waals surface area contributed by atoms with Gasteiger partial charge in [-0.15, -0.1) is 0 Å². The molecule has 7 nitrogen and oxygen atoms in total. The predicted molar refractivity (Wildman–Crippen MR) is 115 cm³/mol. The third kappa shape index (κ3) is 5.31. The van der Waals surface area contributed by atoms with Gasteiger partial charge in [0.05, 0.1) is 22.4 Å². The lowest BCUT2D eigenvalue weighted by Crippen LogP contribution is -2.67. The van der Waals surface area contributed by atoms with Crippen molar-refractivity contribution in [2.75, 3.05) is 12.4 Å². The van der Waals surface area contributed by atoms with Gasteiger partial charge in [0.1, 0.15) is 18.0 Å². The van der Waals surface area contributed by atoms with E-state index < -0.39 is 38.2 Å².